The Kier molecular flexibility index (Phi) is 4.91. The molecule has 0 aromatic carbocycles. The zero-order valence-corrected chi connectivity index (χ0v) is 19.5. The molecule has 4 saturated carbocycles. The third kappa shape index (κ3) is 2.86. The zero-order chi connectivity index (χ0) is 20.8. The number of rotatable bonds is 0. The van der Waals surface area contributed by atoms with E-state index in [1.54, 1.807) is 0 Å². The summed E-state index contributed by atoms with van der Waals surface area (Å²) in [5, 5.41) is 21.5. The minimum atomic E-state index is -0.181. The van der Waals surface area contributed by atoms with Gasteiger partial charge in [-0.2, -0.15) is 0 Å². The summed E-state index contributed by atoms with van der Waals surface area (Å²) < 4.78 is 0. The monoisotopic (exact) mass is 415 g/mol. The predicted octanol–water partition coefficient (Wildman–Crippen LogP) is 4.56. The lowest BCUT2D eigenvalue weighted by molar-refractivity contribution is -0.130. The summed E-state index contributed by atoms with van der Waals surface area (Å²) >= 11 is 0. The molecule has 6 fully saturated rings. The highest BCUT2D eigenvalue weighted by molar-refractivity contribution is 5.12. The molecule has 2 N–H and O–H groups in total. The van der Waals surface area contributed by atoms with Gasteiger partial charge in [-0.05, 0) is 116 Å². The van der Waals surface area contributed by atoms with E-state index in [0.29, 0.717) is 5.92 Å². The van der Waals surface area contributed by atoms with Crippen LogP contribution in [0.25, 0.3) is 0 Å². The molecular weight excluding hydrogens is 370 g/mol. The minimum Gasteiger partial charge on any atom is -0.393 e. The number of aliphatic hydroxyl groups is 2. The summed E-state index contributed by atoms with van der Waals surface area (Å²) in [6, 6.07) is 0.853. The minimum absolute atomic E-state index is 0.180. The number of hydrogen-bond donors (Lipinski definition) is 2. The highest BCUT2D eigenvalue weighted by Crippen LogP contribution is 2.67. The molecule has 2 saturated heterocycles. The van der Waals surface area contributed by atoms with Crippen LogP contribution in [0, 0.1) is 58.7 Å². The molecule has 0 aromatic rings. The maximum atomic E-state index is 11.2. The lowest BCUT2D eigenvalue weighted by Crippen LogP contribution is -2.58. The molecule has 2 heterocycles. The molecule has 8 unspecified atom stereocenters. The van der Waals surface area contributed by atoms with E-state index in [2.05, 4.69) is 25.7 Å². The molecule has 0 spiro atoms. The van der Waals surface area contributed by atoms with Crippen LogP contribution in [0.2, 0.25) is 0 Å². The third-order valence-corrected chi connectivity index (χ3v) is 12.0. The number of fused-ring (bicyclic) bond motifs is 8. The predicted molar refractivity (Wildman–Crippen MR) is 120 cm³/mol. The standard InChI is InChI=1S/C27H45NO2/c1-15-4-7-25-16(2)18-5-6-19-20(22(18)14-28(25)13-15)11-23-21(19)12-26(30)24-10-17(29)8-9-27(23,24)3/h15-26,29-30H,4-14H2,1-3H3/t15-,16-,17+,18?,19?,20?,21?,22?,23?,24-,25?,26+,27?/m1/s1. The van der Waals surface area contributed by atoms with Gasteiger partial charge in [0.2, 0.25) is 0 Å². The second-order valence-corrected chi connectivity index (χ2v) is 13.1. The Morgan fingerprint density at radius 3 is 2.37 bits per heavy atom. The zero-order valence-electron chi connectivity index (χ0n) is 19.5. The molecule has 4 aliphatic carbocycles. The van der Waals surface area contributed by atoms with Crippen molar-refractivity contribution in [2.45, 2.75) is 96.8 Å². The highest BCUT2D eigenvalue weighted by atomic mass is 16.3. The summed E-state index contributed by atoms with van der Waals surface area (Å²) in [6.45, 7) is 10.3. The number of hydrogen-bond acceptors (Lipinski definition) is 3. The van der Waals surface area contributed by atoms with Crippen molar-refractivity contribution in [1.82, 2.24) is 4.90 Å². The Balaban J connectivity index is 1.28. The third-order valence-electron chi connectivity index (χ3n) is 12.0. The second-order valence-electron chi connectivity index (χ2n) is 13.1. The lowest BCUT2D eigenvalue weighted by atomic mass is 9.51. The van der Waals surface area contributed by atoms with Crippen molar-refractivity contribution < 1.29 is 10.2 Å². The van der Waals surface area contributed by atoms with Crippen LogP contribution < -0.4 is 0 Å². The van der Waals surface area contributed by atoms with E-state index < -0.39 is 0 Å². The van der Waals surface area contributed by atoms with Gasteiger partial charge in [0.1, 0.15) is 0 Å². The second kappa shape index (κ2) is 7.19. The number of nitrogens with zero attached hydrogens (tertiary/aromatic N) is 1. The fourth-order valence-corrected chi connectivity index (χ4v) is 10.6. The summed E-state index contributed by atoms with van der Waals surface area (Å²) in [5.41, 5.74) is 0.261. The van der Waals surface area contributed by atoms with Crippen LogP contribution in [0.4, 0.5) is 0 Å². The van der Waals surface area contributed by atoms with Gasteiger partial charge in [0.05, 0.1) is 12.2 Å². The molecule has 30 heavy (non-hydrogen) atoms. The molecule has 170 valence electrons. The van der Waals surface area contributed by atoms with Crippen LogP contribution in [0.15, 0.2) is 0 Å². The van der Waals surface area contributed by atoms with Gasteiger partial charge in [0, 0.05) is 19.1 Å². The molecule has 13 atom stereocenters. The maximum Gasteiger partial charge on any atom is 0.0577 e. The van der Waals surface area contributed by atoms with E-state index in [4.69, 9.17) is 0 Å². The summed E-state index contributed by atoms with van der Waals surface area (Å²) in [4.78, 5) is 2.92. The van der Waals surface area contributed by atoms with Gasteiger partial charge in [-0.1, -0.05) is 20.8 Å². The first-order valence-electron chi connectivity index (χ1n) is 13.5. The van der Waals surface area contributed by atoms with E-state index >= 15 is 0 Å². The Morgan fingerprint density at radius 1 is 0.733 bits per heavy atom. The van der Waals surface area contributed by atoms with Crippen molar-refractivity contribution in [3.05, 3.63) is 0 Å². The first kappa shape index (κ1) is 20.5. The van der Waals surface area contributed by atoms with Gasteiger partial charge < -0.3 is 10.2 Å². The Bertz CT molecular complexity index is 665. The fourth-order valence-electron chi connectivity index (χ4n) is 10.6. The smallest absolute Gasteiger partial charge is 0.0577 e. The van der Waals surface area contributed by atoms with Crippen molar-refractivity contribution in [1.29, 1.82) is 0 Å². The van der Waals surface area contributed by atoms with Crippen LogP contribution in [-0.4, -0.2) is 46.5 Å². The topological polar surface area (TPSA) is 43.7 Å². The van der Waals surface area contributed by atoms with Crippen LogP contribution >= 0.6 is 0 Å². The number of aliphatic hydroxyl groups excluding tert-OH is 2. The van der Waals surface area contributed by atoms with Crippen LogP contribution in [0.1, 0.15) is 78.6 Å². The van der Waals surface area contributed by atoms with Gasteiger partial charge >= 0.3 is 0 Å². The molecule has 0 aromatic heterocycles. The highest BCUT2D eigenvalue weighted by Gasteiger charge is 2.62. The van der Waals surface area contributed by atoms with Crippen molar-refractivity contribution in [3.63, 3.8) is 0 Å². The van der Waals surface area contributed by atoms with Crippen molar-refractivity contribution >= 4 is 0 Å². The quantitative estimate of drug-likeness (QED) is 0.609. The van der Waals surface area contributed by atoms with Gasteiger partial charge in [-0.25, -0.2) is 0 Å². The molecular formula is C27H45NO2. The first-order chi connectivity index (χ1) is 14.4. The first-order valence-corrected chi connectivity index (χ1v) is 13.5. The van der Waals surface area contributed by atoms with Crippen molar-refractivity contribution in [2.75, 3.05) is 13.1 Å². The molecule has 0 radical (unpaired) electrons. The Morgan fingerprint density at radius 2 is 1.53 bits per heavy atom. The molecule has 3 heteroatoms. The Labute approximate surface area is 184 Å². The summed E-state index contributed by atoms with van der Waals surface area (Å²) in [7, 11) is 0. The number of piperidine rings is 2. The van der Waals surface area contributed by atoms with E-state index in [1.165, 1.54) is 45.2 Å². The van der Waals surface area contributed by atoms with Crippen LogP contribution in [0.5, 0.6) is 0 Å². The normalized spacial score (nSPS) is 60.7. The van der Waals surface area contributed by atoms with Gasteiger partial charge in [-0.15, -0.1) is 0 Å². The average molecular weight is 416 g/mol. The van der Waals surface area contributed by atoms with E-state index in [-0.39, 0.29) is 17.6 Å². The lowest BCUT2D eigenvalue weighted by Gasteiger charge is -2.56. The largest absolute Gasteiger partial charge is 0.393 e. The molecule has 6 rings (SSSR count). The summed E-state index contributed by atoms with van der Waals surface area (Å²) in [5.74, 6) is 7.22. The maximum absolute atomic E-state index is 11.2. The molecule has 2 aliphatic heterocycles. The van der Waals surface area contributed by atoms with Gasteiger partial charge in [0.25, 0.3) is 0 Å². The van der Waals surface area contributed by atoms with Crippen LogP contribution in [-0.2, 0) is 0 Å². The molecule has 0 amide bonds. The van der Waals surface area contributed by atoms with E-state index in [1.807, 2.05) is 0 Å². The van der Waals surface area contributed by atoms with Gasteiger partial charge in [-0.3, -0.25) is 4.90 Å². The summed E-state index contributed by atoms with van der Waals surface area (Å²) in [6.07, 6.45) is 10.7. The molecule has 3 nitrogen and oxygen atoms in total. The molecule has 6 aliphatic rings. The SMILES string of the molecule is C[C@@H]1CCC2[C@H](C)C3CCC4C(CC5C4C[C@H](O)[C@H]4C[C@@H](O)CCC54C)C3CN2C1. The van der Waals surface area contributed by atoms with Crippen LogP contribution in [0.3, 0.4) is 0 Å². The average Bonchev–Trinajstić information content (AvgIpc) is 3.09. The van der Waals surface area contributed by atoms with Crippen molar-refractivity contribution in [2.24, 2.45) is 58.7 Å². The van der Waals surface area contributed by atoms with Gasteiger partial charge in [0.15, 0.2) is 0 Å². The Hall–Kier alpha value is -0.120. The molecule has 0 bridgehead atoms. The fraction of sp³-hybridized carbons (Fsp3) is 1.00. The van der Waals surface area contributed by atoms with E-state index in [9.17, 15) is 10.2 Å². The van der Waals surface area contributed by atoms with Crippen molar-refractivity contribution in [3.8, 4) is 0 Å². The van der Waals surface area contributed by atoms with E-state index in [0.717, 1.165) is 79.1 Å².